The molecule has 0 amide bonds. The first-order valence-corrected chi connectivity index (χ1v) is 9.15. The van der Waals surface area contributed by atoms with Crippen LogP contribution in [0.25, 0.3) is 11.0 Å². The van der Waals surface area contributed by atoms with Gasteiger partial charge in [0.05, 0.1) is 29.3 Å². The Kier molecular flexibility index (Phi) is 4.39. The number of halogens is 2. The van der Waals surface area contributed by atoms with Crippen LogP contribution in [0.2, 0.25) is 10.3 Å². The molecule has 24 heavy (non-hydrogen) atoms. The summed E-state index contributed by atoms with van der Waals surface area (Å²) < 4.78 is 25.9. The van der Waals surface area contributed by atoms with Gasteiger partial charge in [0.2, 0.25) is 15.3 Å². The van der Waals surface area contributed by atoms with Crippen LogP contribution >= 0.6 is 23.2 Å². The maximum absolute atomic E-state index is 11.7. The number of fused-ring (bicyclic) bond motifs is 1. The van der Waals surface area contributed by atoms with Crippen molar-refractivity contribution >= 4 is 61.5 Å². The van der Waals surface area contributed by atoms with Crippen LogP contribution in [0.4, 0.5) is 17.2 Å². The fourth-order valence-corrected chi connectivity index (χ4v) is 2.84. The lowest BCUT2D eigenvalue weighted by atomic mass is 10.2. The summed E-state index contributed by atoms with van der Waals surface area (Å²) in [5.74, 6) is 0.233. The maximum atomic E-state index is 11.7. The number of rotatable bonds is 4. The molecule has 3 aromatic rings. The van der Waals surface area contributed by atoms with E-state index in [1.165, 1.54) is 18.6 Å². The summed E-state index contributed by atoms with van der Waals surface area (Å²) in [5, 5.41) is 3.16. The molecule has 0 saturated carbocycles. The normalized spacial score (nSPS) is 11.5. The largest absolute Gasteiger partial charge is 0.337 e. The van der Waals surface area contributed by atoms with Crippen molar-refractivity contribution in [3.63, 3.8) is 0 Å². The van der Waals surface area contributed by atoms with Crippen molar-refractivity contribution in [1.82, 2.24) is 19.9 Å². The molecule has 0 unspecified atom stereocenters. The van der Waals surface area contributed by atoms with Crippen LogP contribution in [0.15, 0.2) is 30.7 Å². The van der Waals surface area contributed by atoms with Crippen LogP contribution in [0, 0.1) is 0 Å². The van der Waals surface area contributed by atoms with Gasteiger partial charge in [-0.1, -0.05) is 11.6 Å². The van der Waals surface area contributed by atoms with Gasteiger partial charge < -0.3 is 5.32 Å². The fourth-order valence-electron chi connectivity index (χ4n) is 1.99. The highest BCUT2D eigenvalue weighted by Crippen LogP contribution is 2.33. The molecule has 2 heterocycles. The number of anilines is 3. The molecule has 0 aliphatic heterocycles. The number of nitrogens with one attached hydrogen (secondary N) is 2. The highest BCUT2D eigenvalue weighted by molar-refractivity contribution is 7.92. The van der Waals surface area contributed by atoms with E-state index in [-0.39, 0.29) is 21.8 Å². The molecule has 8 nitrogen and oxygen atoms in total. The predicted molar refractivity (Wildman–Crippen MR) is 93.3 cm³/mol. The molecule has 0 saturated heterocycles. The van der Waals surface area contributed by atoms with Crippen molar-refractivity contribution in [2.24, 2.45) is 0 Å². The van der Waals surface area contributed by atoms with Gasteiger partial charge in [-0.3, -0.25) is 14.7 Å². The molecule has 0 radical (unpaired) electrons. The van der Waals surface area contributed by atoms with Gasteiger partial charge in [0, 0.05) is 12.4 Å². The van der Waals surface area contributed by atoms with Gasteiger partial charge in [0.1, 0.15) is 10.5 Å². The van der Waals surface area contributed by atoms with Gasteiger partial charge in [-0.25, -0.2) is 13.4 Å². The van der Waals surface area contributed by atoms with E-state index in [1.54, 1.807) is 12.1 Å². The summed E-state index contributed by atoms with van der Waals surface area (Å²) >= 11 is 11.8. The molecule has 0 fully saturated rings. The molecule has 2 N–H and O–H groups in total. The molecule has 11 heteroatoms. The van der Waals surface area contributed by atoms with Gasteiger partial charge in [-0.15, -0.1) is 0 Å². The zero-order chi connectivity index (χ0) is 17.3. The molecule has 0 bridgehead atoms. The third-order valence-electron chi connectivity index (χ3n) is 2.90. The zero-order valence-electron chi connectivity index (χ0n) is 12.2. The Hall–Kier alpha value is -2.23. The number of hydrogen-bond donors (Lipinski definition) is 2. The lowest BCUT2D eigenvalue weighted by molar-refractivity contribution is 0.607. The minimum atomic E-state index is -3.55. The van der Waals surface area contributed by atoms with E-state index >= 15 is 0 Å². The first-order chi connectivity index (χ1) is 11.3. The molecule has 3 rings (SSSR count). The number of aromatic nitrogens is 4. The van der Waals surface area contributed by atoms with E-state index in [9.17, 15) is 8.42 Å². The first-order valence-electron chi connectivity index (χ1n) is 6.50. The number of hydrogen-bond acceptors (Lipinski definition) is 7. The Balaban J connectivity index is 2.16. The lowest BCUT2D eigenvalue weighted by Gasteiger charge is -2.14. The third-order valence-corrected chi connectivity index (χ3v) is 3.93. The molecule has 0 aliphatic carbocycles. The number of sulfonamides is 1. The van der Waals surface area contributed by atoms with Crippen molar-refractivity contribution in [2.45, 2.75) is 0 Å². The standard InChI is InChI=1S/C13H10Cl2N6O2S/c1-24(22,23)21-11-9(3-2-8-10(11)17-5-4-16-8)19-12-7(14)6-18-13(15)20-12/h2-6,21H,1H3,(H,18,19,20). The molecule has 2 aromatic heterocycles. The van der Waals surface area contributed by atoms with E-state index < -0.39 is 10.0 Å². The predicted octanol–water partition coefficient (Wildman–Crippen LogP) is 2.84. The van der Waals surface area contributed by atoms with Crippen LogP contribution in [0.1, 0.15) is 0 Å². The zero-order valence-corrected chi connectivity index (χ0v) is 14.5. The lowest BCUT2D eigenvalue weighted by Crippen LogP contribution is -2.12. The van der Waals surface area contributed by atoms with Crippen molar-refractivity contribution in [1.29, 1.82) is 0 Å². The van der Waals surface area contributed by atoms with Gasteiger partial charge in [-0.05, 0) is 23.7 Å². The van der Waals surface area contributed by atoms with Gasteiger partial charge in [-0.2, -0.15) is 4.98 Å². The second-order valence-electron chi connectivity index (χ2n) is 4.75. The Morgan fingerprint density at radius 3 is 2.58 bits per heavy atom. The minimum absolute atomic E-state index is 0.0000954. The highest BCUT2D eigenvalue weighted by Gasteiger charge is 2.15. The molecule has 1 aromatic carbocycles. The second-order valence-corrected chi connectivity index (χ2v) is 7.24. The van der Waals surface area contributed by atoms with E-state index in [0.29, 0.717) is 16.7 Å². The van der Waals surface area contributed by atoms with E-state index in [1.807, 2.05) is 0 Å². The first kappa shape index (κ1) is 16.6. The molecule has 0 spiro atoms. The van der Waals surface area contributed by atoms with Crippen LogP contribution in [-0.4, -0.2) is 34.6 Å². The van der Waals surface area contributed by atoms with Crippen LogP contribution < -0.4 is 10.0 Å². The highest BCUT2D eigenvalue weighted by atomic mass is 35.5. The Labute approximate surface area is 147 Å². The van der Waals surface area contributed by atoms with E-state index in [4.69, 9.17) is 23.2 Å². The smallest absolute Gasteiger partial charge is 0.229 e. The van der Waals surface area contributed by atoms with Crippen molar-refractivity contribution in [3.05, 3.63) is 41.0 Å². The summed E-state index contributed by atoms with van der Waals surface area (Å²) in [4.78, 5) is 16.1. The summed E-state index contributed by atoms with van der Waals surface area (Å²) in [6, 6.07) is 3.33. The Morgan fingerprint density at radius 2 is 1.83 bits per heavy atom. The van der Waals surface area contributed by atoms with Gasteiger partial charge in [0.15, 0.2) is 5.82 Å². The molecular weight excluding hydrogens is 375 g/mol. The average Bonchev–Trinajstić information content (AvgIpc) is 2.52. The van der Waals surface area contributed by atoms with Crippen molar-refractivity contribution in [2.75, 3.05) is 16.3 Å². The van der Waals surface area contributed by atoms with Crippen LogP contribution in [0.3, 0.4) is 0 Å². The quantitative estimate of drug-likeness (QED) is 0.665. The van der Waals surface area contributed by atoms with Crippen LogP contribution in [0.5, 0.6) is 0 Å². The Morgan fingerprint density at radius 1 is 1.08 bits per heavy atom. The van der Waals surface area contributed by atoms with Crippen molar-refractivity contribution in [3.8, 4) is 0 Å². The van der Waals surface area contributed by atoms with E-state index in [0.717, 1.165) is 6.26 Å². The Bertz CT molecular complexity index is 1030. The molecule has 124 valence electrons. The van der Waals surface area contributed by atoms with Crippen molar-refractivity contribution < 1.29 is 8.42 Å². The number of nitrogens with zero attached hydrogens (tertiary/aromatic N) is 4. The summed E-state index contributed by atoms with van der Waals surface area (Å²) in [6.45, 7) is 0. The average molecular weight is 385 g/mol. The number of benzene rings is 1. The monoisotopic (exact) mass is 384 g/mol. The topological polar surface area (TPSA) is 110 Å². The van der Waals surface area contributed by atoms with E-state index in [2.05, 4.69) is 30.0 Å². The van der Waals surface area contributed by atoms with Gasteiger partial charge in [0.25, 0.3) is 0 Å². The molecular formula is C13H10Cl2N6O2S. The molecule has 0 aliphatic rings. The summed E-state index contributed by atoms with van der Waals surface area (Å²) in [5.41, 5.74) is 1.53. The van der Waals surface area contributed by atoms with Gasteiger partial charge >= 0.3 is 0 Å². The summed E-state index contributed by atoms with van der Waals surface area (Å²) in [7, 11) is -3.55. The maximum Gasteiger partial charge on any atom is 0.229 e. The SMILES string of the molecule is CS(=O)(=O)Nc1c(Nc2nc(Cl)ncc2Cl)ccc2nccnc12. The minimum Gasteiger partial charge on any atom is -0.337 e. The molecule has 0 atom stereocenters. The fraction of sp³-hybridized carbons (Fsp3) is 0.0769. The summed E-state index contributed by atoms with van der Waals surface area (Å²) in [6.07, 6.45) is 5.36. The third kappa shape index (κ3) is 3.64. The second kappa shape index (κ2) is 6.34. The van der Waals surface area contributed by atoms with Crippen LogP contribution in [-0.2, 0) is 10.0 Å².